The highest BCUT2D eigenvalue weighted by atomic mass is 32.2. The maximum Gasteiger partial charge on any atom is 0.313 e. The van der Waals surface area contributed by atoms with Gasteiger partial charge in [0.15, 0.2) is 5.16 Å². The molecule has 2 aromatic carbocycles. The molecule has 0 atom stereocenters. The number of anilines is 4. The summed E-state index contributed by atoms with van der Waals surface area (Å²) in [5.74, 6) is -0.0782. The molecule has 2 heterocycles. The van der Waals surface area contributed by atoms with E-state index in [1.54, 1.807) is 0 Å². The molecule has 1 saturated heterocycles. The van der Waals surface area contributed by atoms with Crippen LogP contribution in [-0.4, -0.2) is 58.1 Å². The summed E-state index contributed by atoms with van der Waals surface area (Å²) in [6.45, 7) is 2.53. The first-order chi connectivity index (χ1) is 14.7. The Balaban J connectivity index is 1.80. The van der Waals surface area contributed by atoms with Crippen molar-refractivity contribution in [2.75, 3.05) is 41.9 Å². The molecule has 1 N–H and O–H groups in total. The predicted molar refractivity (Wildman–Crippen MR) is 116 cm³/mol. The lowest BCUT2D eigenvalue weighted by molar-refractivity contribution is -0.133. The molecule has 0 saturated carbocycles. The van der Waals surface area contributed by atoms with Crippen molar-refractivity contribution in [1.82, 2.24) is 15.0 Å². The molecular formula is C21H21N5O3S. The summed E-state index contributed by atoms with van der Waals surface area (Å²) in [6.07, 6.45) is 0. The van der Waals surface area contributed by atoms with Gasteiger partial charge in [0.1, 0.15) is 0 Å². The van der Waals surface area contributed by atoms with Crippen molar-refractivity contribution in [3.05, 3.63) is 60.7 Å². The summed E-state index contributed by atoms with van der Waals surface area (Å²) in [5, 5.41) is 9.47. The molecule has 9 heteroatoms. The molecular weight excluding hydrogens is 402 g/mol. The van der Waals surface area contributed by atoms with Crippen molar-refractivity contribution >= 4 is 41.0 Å². The number of hydrogen-bond acceptors (Lipinski definition) is 8. The van der Waals surface area contributed by atoms with Gasteiger partial charge < -0.3 is 14.7 Å². The molecule has 0 aliphatic carbocycles. The fourth-order valence-electron chi connectivity index (χ4n) is 3.07. The number of carboxylic acids is 1. The van der Waals surface area contributed by atoms with Crippen LogP contribution in [0.1, 0.15) is 0 Å². The minimum absolute atomic E-state index is 0.122. The van der Waals surface area contributed by atoms with E-state index >= 15 is 0 Å². The third kappa shape index (κ3) is 4.87. The topological polar surface area (TPSA) is 91.7 Å². The highest BCUT2D eigenvalue weighted by Crippen LogP contribution is 2.33. The van der Waals surface area contributed by atoms with Crippen molar-refractivity contribution in [2.24, 2.45) is 0 Å². The molecule has 30 heavy (non-hydrogen) atoms. The van der Waals surface area contributed by atoms with Gasteiger partial charge in [0, 0.05) is 24.5 Å². The average Bonchev–Trinajstić information content (AvgIpc) is 2.80. The second-order valence-electron chi connectivity index (χ2n) is 6.51. The van der Waals surface area contributed by atoms with E-state index in [4.69, 9.17) is 14.8 Å². The maximum atomic E-state index is 11.1. The van der Waals surface area contributed by atoms with E-state index in [-0.39, 0.29) is 5.75 Å². The summed E-state index contributed by atoms with van der Waals surface area (Å²) in [5.41, 5.74) is 1.80. The van der Waals surface area contributed by atoms with Gasteiger partial charge in [-0.2, -0.15) is 15.0 Å². The standard InChI is InChI=1S/C21H21N5O3S/c27-18(28)15-30-21-23-19(25-11-13-29-14-12-25)22-20(24-21)26(16-7-3-1-4-8-16)17-9-5-2-6-10-17/h1-10H,11-15H2,(H,27,28). The number of ether oxygens (including phenoxy) is 1. The van der Waals surface area contributed by atoms with Gasteiger partial charge >= 0.3 is 5.97 Å². The number of carboxylic acid groups (broad SMARTS) is 1. The molecule has 0 spiro atoms. The van der Waals surface area contributed by atoms with Crippen LogP contribution in [0.2, 0.25) is 0 Å². The minimum atomic E-state index is -0.919. The van der Waals surface area contributed by atoms with E-state index in [0.29, 0.717) is 43.4 Å². The lowest BCUT2D eigenvalue weighted by Crippen LogP contribution is -2.37. The second-order valence-corrected chi connectivity index (χ2v) is 7.45. The fourth-order valence-corrected chi connectivity index (χ4v) is 3.61. The Morgan fingerprint density at radius 1 is 0.967 bits per heavy atom. The SMILES string of the molecule is O=C(O)CSc1nc(N2CCOCC2)nc(N(c2ccccc2)c2ccccc2)n1. The van der Waals surface area contributed by atoms with Crippen molar-refractivity contribution < 1.29 is 14.6 Å². The Morgan fingerprint density at radius 2 is 1.57 bits per heavy atom. The number of aliphatic carboxylic acids is 1. The summed E-state index contributed by atoms with van der Waals surface area (Å²) < 4.78 is 5.44. The Kier molecular flexibility index (Phi) is 6.41. The van der Waals surface area contributed by atoms with E-state index < -0.39 is 5.97 Å². The van der Waals surface area contributed by atoms with Crippen LogP contribution >= 0.6 is 11.8 Å². The van der Waals surface area contributed by atoms with Gasteiger partial charge in [-0.15, -0.1) is 0 Å². The third-order valence-corrected chi connectivity index (χ3v) is 5.27. The van der Waals surface area contributed by atoms with E-state index in [1.807, 2.05) is 70.5 Å². The van der Waals surface area contributed by atoms with Crippen molar-refractivity contribution in [2.45, 2.75) is 5.16 Å². The highest BCUT2D eigenvalue weighted by molar-refractivity contribution is 7.99. The van der Waals surface area contributed by atoms with Gasteiger partial charge in [0.05, 0.1) is 19.0 Å². The molecule has 3 aromatic rings. The zero-order valence-electron chi connectivity index (χ0n) is 16.2. The van der Waals surface area contributed by atoms with Gasteiger partial charge in [-0.05, 0) is 24.3 Å². The van der Waals surface area contributed by atoms with E-state index in [9.17, 15) is 4.79 Å². The first-order valence-corrected chi connectivity index (χ1v) is 10.5. The molecule has 154 valence electrons. The zero-order chi connectivity index (χ0) is 20.8. The number of rotatable bonds is 7. The maximum absolute atomic E-state index is 11.1. The summed E-state index contributed by atoms with van der Waals surface area (Å²) in [7, 11) is 0. The zero-order valence-corrected chi connectivity index (χ0v) is 17.0. The molecule has 1 fully saturated rings. The third-order valence-electron chi connectivity index (χ3n) is 4.44. The molecule has 4 rings (SSSR count). The molecule has 0 unspecified atom stereocenters. The first kappa shape index (κ1) is 20.1. The summed E-state index contributed by atoms with van der Waals surface area (Å²) in [6, 6.07) is 19.6. The average molecular weight is 423 g/mol. The second kappa shape index (κ2) is 9.55. The van der Waals surface area contributed by atoms with Crippen LogP contribution in [0.4, 0.5) is 23.3 Å². The molecule has 0 amide bonds. The van der Waals surface area contributed by atoms with Crippen molar-refractivity contribution in [1.29, 1.82) is 0 Å². The number of hydrogen-bond donors (Lipinski definition) is 1. The molecule has 1 aromatic heterocycles. The van der Waals surface area contributed by atoms with Crippen LogP contribution in [0.3, 0.4) is 0 Å². The van der Waals surface area contributed by atoms with Crippen LogP contribution in [-0.2, 0) is 9.53 Å². The van der Waals surface area contributed by atoms with Crippen LogP contribution in [0.25, 0.3) is 0 Å². The molecule has 1 aliphatic heterocycles. The van der Waals surface area contributed by atoms with E-state index in [1.165, 1.54) is 0 Å². The smallest absolute Gasteiger partial charge is 0.313 e. The van der Waals surface area contributed by atoms with Gasteiger partial charge in [-0.1, -0.05) is 48.2 Å². The Labute approximate surface area is 178 Å². The normalized spacial score (nSPS) is 13.8. The van der Waals surface area contributed by atoms with Crippen LogP contribution < -0.4 is 9.80 Å². The number of aromatic nitrogens is 3. The Bertz CT molecular complexity index is 945. The number of thioether (sulfide) groups is 1. The van der Waals surface area contributed by atoms with Crippen molar-refractivity contribution in [3.8, 4) is 0 Å². The number of benzene rings is 2. The number of morpholine rings is 1. The van der Waals surface area contributed by atoms with Crippen LogP contribution in [0, 0.1) is 0 Å². The van der Waals surface area contributed by atoms with Gasteiger partial charge in [0.2, 0.25) is 11.9 Å². The van der Waals surface area contributed by atoms with Gasteiger partial charge in [0.25, 0.3) is 0 Å². The summed E-state index contributed by atoms with van der Waals surface area (Å²) in [4.78, 5) is 28.9. The van der Waals surface area contributed by atoms with Gasteiger partial charge in [-0.25, -0.2) is 0 Å². The predicted octanol–water partition coefficient (Wildman–Crippen LogP) is 3.35. The fraction of sp³-hybridized carbons (Fsp3) is 0.238. The van der Waals surface area contributed by atoms with E-state index in [2.05, 4.69) is 9.97 Å². The molecule has 8 nitrogen and oxygen atoms in total. The highest BCUT2D eigenvalue weighted by Gasteiger charge is 2.21. The Morgan fingerprint density at radius 3 is 2.13 bits per heavy atom. The van der Waals surface area contributed by atoms with Gasteiger partial charge in [-0.3, -0.25) is 9.69 Å². The van der Waals surface area contributed by atoms with Crippen LogP contribution in [0.15, 0.2) is 65.8 Å². The first-order valence-electron chi connectivity index (χ1n) is 9.54. The number of para-hydroxylation sites is 2. The number of nitrogens with zero attached hydrogens (tertiary/aromatic N) is 5. The molecule has 1 aliphatic rings. The lowest BCUT2D eigenvalue weighted by atomic mass is 10.2. The lowest BCUT2D eigenvalue weighted by Gasteiger charge is -2.28. The minimum Gasteiger partial charge on any atom is -0.481 e. The van der Waals surface area contributed by atoms with E-state index in [0.717, 1.165) is 23.1 Å². The van der Waals surface area contributed by atoms with Crippen LogP contribution in [0.5, 0.6) is 0 Å². The summed E-state index contributed by atoms with van der Waals surface area (Å²) >= 11 is 1.08. The largest absolute Gasteiger partial charge is 0.481 e. The quantitative estimate of drug-likeness (QED) is 0.574. The number of carbonyl (C=O) groups is 1. The monoisotopic (exact) mass is 423 g/mol. The molecule has 0 bridgehead atoms. The Hall–Kier alpha value is -3.17. The molecule has 0 radical (unpaired) electrons. The van der Waals surface area contributed by atoms with Crippen molar-refractivity contribution in [3.63, 3.8) is 0 Å².